The van der Waals surface area contributed by atoms with Crippen LogP contribution in [-0.2, 0) is 6.54 Å². The van der Waals surface area contributed by atoms with Gasteiger partial charge in [-0.1, -0.05) is 60.7 Å². The molecule has 2 nitrogen and oxygen atoms in total. The third-order valence-electron chi connectivity index (χ3n) is 2.80. The van der Waals surface area contributed by atoms with Crippen LogP contribution in [0.4, 0.5) is 5.69 Å². The molecule has 0 fully saturated rings. The first-order chi connectivity index (χ1) is 9.74. The summed E-state index contributed by atoms with van der Waals surface area (Å²) in [5.74, 6) is 0. The van der Waals surface area contributed by atoms with Gasteiger partial charge in [-0.05, 0) is 30.7 Å². The summed E-state index contributed by atoms with van der Waals surface area (Å²) in [5, 5.41) is 6.54. The summed E-state index contributed by atoms with van der Waals surface area (Å²) in [6.07, 6.45) is 1.94. The minimum Gasteiger partial charge on any atom is -0.384 e. The number of benzene rings is 2. The number of thiocarbonyl (C=S) groups is 1. The molecule has 0 aliphatic heterocycles. The van der Waals surface area contributed by atoms with Crippen molar-refractivity contribution < 1.29 is 0 Å². The van der Waals surface area contributed by atoms with E-state index >= 15 is 0 Å². The van der Waals surface area contributed by atoms with Gasteiger partial charge in [-0.2, -0.15) is 0 Å². The zero-order valence-corrected chi connectivity index (χ0v) is 12.3. The fourth-order valence-electron chi connectivity index (χ4n) is 1.78. The number of allylic oxidation sites excluding steroid dienone is 1. The van der Waals surface area contributed by atoms with Crippen LogP contribution in [0.1, 0.15) is 12.5 Å². The Kier molecular flexibility index (Phi) is 5.33. The number of rotatable bonds is 5. The molecule has 0 aromatic heterocycles. The fourth-order valence-corrected chi connectivity index (χ4v) is 2.08. The van der Waals surface area contributed by atoms with Gasteiger partial charge in [-0.3, -0.25) is 0 Å². The summed E-state index contributed by atoms with van der Waals surface area (Å²) in [5.41, 5.74) is 3.30. The monoisotopic (exact) mass is 282 g/mol. The van der Waals surface area contributed by atoms with E-state index in [0.29, 0.717) is 4.99 Å². The van der Waals surface area contributed by atoms with Crippen molar-refractivity contribution in [3.8, 4) is 0 Å². The Hall–Kier alpha value is -2.13. The molecule has 0 unspecified atom stereocenters. The highest BCUT2D eigenvalue weighted by Gasteiger charge is 1.96. The molecule has 0 aliphatic carbocycles. The minimum atomic E-state index is 0.703. The molecule has 0 saturated carbocycles. The Labute approximate surface area is 125 Å². The molecule has 2 rings (SSSR count). The third-order valence-corrected chi connectivity index (χ3v) is 3.02. The average molecular weight is 282 g/mol. The largest absolute Gasteiger partial charge is 0.384 e. The third kappa shape index (κ3) is 4.86. The van der Waals surface area contributed by atoms with Gasteiger partial charge in [0, 0.05) is 17.9 Å². The quantitative estimate of drug-likeness (QED) is 0.637. The molecule has 0 amide bonds. The van der Waals surface area contributed by atoms with Crippen LogP contribution in [0, 0.1) is 0 Å². The molecule has 0 aliphatic rings. The van der Waals surface area contributed by atoms with Crippen LogP contribution in [0.3, 0.4) is 0 Å². The van der Waals surface area contributed by atoms with Crippen LogP contribution in [0.25, 0.3) is 0 Å². The molecule has 2 N–H and O–H groups in total. The average Bonchev–Trinajstić information content (AvgIpc) is 2.47. The number of anilines is 1. The van der Waals surface area contributed by atoms with E-state index in [9.17, 15) is 0 Å². The van der Waals surface area contributed by atoms with Crippen molar-refractivity contribution in [2.24, 2.45) is 0 Å². The summed E-state index contributed by atoms with van der Waals surface area (Å²) in [6.45, 7) is 2.82. The second kappa shape index (κ2) is 7.46. The molecule has 0 radical (unpaired) electrons. The molecule has 0 heterocycles. The Morgan fingerprint density at radius 3 is 2.25 bits per heavy atom. The Balaban J connectivity index is 1.85. The summed E-state index contributed by atoms with van der Waals surface area (Å²) in [7, 11) is 0. The maximum absolute atomic E-state index is 5.32. The zero-order valence-electron chi connectivity index (χ0n) is 11.5. The van der Waals surface area contributed by atoms with Crippen LogP contribution in [-0.4, -0.2) is 4.99 Å². The minimum absolute atomic E-state index is 0.703. The van der Waals surface area contributed by atoms with Gasteiger partial charge in [0.1, 0.15) is 4.99 Å². The molecular weight excluding hydrogens is 264 g/mol. The van der Waals surface area contributed by atoms with E-state index < -0.39 is 0 Å². The van der Waals surface area contributed by atoms with Crippen molar-refractivity contribution in [1.29, 1.82) is 0 Å². The summed E-state index contributed by atoms with van der Waals surface area (Å²) >= 11 is 5.32. The second-order valence-corrected chi connectivity index (χ2v) is 4.96. The number of para-hydroxylation sites is 1. The lowest BCUT2D eigenvalue weighted by molar-refractivity contribution is 0.813. The summed E-state index contributed by atoms with van der Waals surface area (Å²) in [6, 6.07) is 20.2. The lowest BCUT2D eigenvalue weighted by Crippen LogP contribution is -2.14. The molecule has 102 valence electrons. The van der Waals surface area contributed by atoms with Crippen molar-refractivity contribution in [2.45, 2.75) is 13.5 Å². The second-order valence-electron chi connectivity index (χ2n) is 4.52. The van der Waals surface area contributed by atoms with Gasteiger partial charge < -0.3 is 10.6 Å². The van der Waals surface area contributed by atoms with Crippen molar-refractivity contribution >= 4 is 22.9 Å². The Bertz CT molecular complexity index is 576. The Morgan fingerprint density at radius 2 is 1.60 bits per heavy atom. The van der Waals surface area contributed by atoms with Crippen molar-refractivity contribution in [2.75, 3.05) is 5.32 Å². The normalized spacial score (nSPS) is 10.9. The lowest BCUT2D eigenvalue weighted by Gasteiger charge is -2.08. The topological polar surface area (TPSA) is 24.1 Å². The molecule has 0 saturated heterocycles. The van der Waals surface area contributed by atoms with E-state index in [2.05, 4.69) is 22.8 Å². The highest BCUT2D eigenvalue weighted by Crippen LogP contribution is 2.06. The van der Waals surface area contributed by atoms with E-state index in [0.717, 1.165) is 17.9 Å². The van der Waals surface area contributed by atoms with E-state index in [4.69, 9.17) is 12.2 Å². The highest BCUT2D eigenvalue weighted by molar-refractivity contribution is 7.81. The van der Waals surface area contributed by atoms with Crippen molar-refractivity contribution in [1.82, 2.24) is 5.32 Å². The summed E-state index contributed by atoms with van der Waals surface area (Å²) in [4.78, 5) is 0.703. The predicted molar refractivity (Wildman–Crippen MR) is 89.7 cm³/mol. The van der Waals surface area contributed by atoms with Crippen LogP contribution in [0.5, 0.6) is 0 Å². The van der Waals surface area contributed by atoms with Gasteiger partial charge in [0.05, 0.1) is 0 Å². The van der Waals surface area contributed by atoms with Gasteiger partial charge in [0.25, 0.3) is 0 Å². The van der Waals surface area contributed by atoms with Gasteiger partial charge in [-0.15, -0.1) is 0 Å². The number of hydrogen-bond acceptors (Lipinski definition) is 2. The fraction of sp³-hybridized carbons (Fsp3) is 0.118. The lowest BCUT2D eigenvalue weighted by atomic mass is 10.2. The number of hydrogen-bond donors (Lipinski definition) is 2. The molecule has 3 heteroatoms. The van der Waals surface area contributed by atoms with E-state index in [-0.39, 0.29) is 0 Å². The SMILES string of the molecule is C/C(=C/C(=S)Nc1ccccc1)NCc1ccccc1. The molecule has 2 aromatic carbocycles. The first kappa shape index (κ1) is 14.3. The van der Waals surface area contributed by atoms with E-state index in [1.807, 2.05) is 61.5 Å². The van der Waals surface area contributed by atoms with E-state index in [1.54, 1.807) is 0 Å². The van der Waals surface area contributed by atoms with Crippen molar-refractivity contribution in [3.63, 3.8) is 0 Å². The highest BCUT2D eigenvalue weighted by atomic mass is 32.1. The van der Waals surface area contributed by atoms with Crippen LogP contribution < -0.4 is 10.6 Å². The Morgan fingerprint density at radius 1 is 1.00 bits per heavy atom. The number of nitrogens with one attached hydrogen (secondary N) is 2. The maximum atomic E-state index is 5.32. The van der Waals surface area contributed by atoms with Crippen molar-refractivity contribution in [3.05, 3.63) is 78.0 Å². The van der Waals surface area contributed by atoms with E-state index in [1.165, 1.54) is 5.56 Å². The molecule has 20 heavy (non-hydrogen) atoms. The standard InChI is InChI=1S/C17H18N2S/c1-14(18-13-15-8-4-2-5-9-15)12-17(20)19-16-10-6-3-7-11-16/h2-12,18H,13H2,1H3,(H,19,20)/b14-12-. The van der Waals surface area contributed by atoms with Crippen LogP contribution in [0.15, 0.2) is 72.4 Å². The summed E-state index contributed by atoms with van der Waals surface area (Å²) < 4.78 is 0. The predicted octanol–water partition coefficient (Wildman–Crippen LogP) is 4.12. The van der Waals surface area contributed by atoms with Gasteiger partial charge in [0.15, 0.2) is 0 Å². The zero-order chi connectivity index (χ0) is 14.2. The van der Waals surface area contributed by atoms with Gasteiger partial charge >= 0.3 is 0 Å². The van der Waals surface area contributed by atoms with Gasteiger partial charge in [0.2, 0.25) is 0 Å². The smallest absolute Gasteiger partial charge is 0.105 e. The molecule has 0 atom stereocenters. The van der Waals surface area contributed by atoms with Crippen LogP contribution in [0.2, 0.25) is 0 Å². The first-order valence-corrected chi connectivity index (χ1v) is 6.97. The van der Waals surface area contributed by atoms with Gasteiger partial charge in [-0.25, -0.2) is 0 Å². The maximum Gasteiger partial charge on any atom is 0.105 e. The van der Waals surface area contributed by atoms with Crippen LogP contribution >= 0.6 is 12.2 Å². The molecule has 2 aromatic rings. The first-order valence-electron chi connectivity index (χ1n) is 6.56. The molecular formula is C17H18N2S. The molecule has 0 bridgehead atoms. The molecule has 0 spiro atoms.